The molecule has 0 aromatic heterocycles. The van der Waals surface area contributed by atoms with Crippen molar-refractivity contribution < 1.29 is 19.0 Å². The molecule has 1 unspecified atom stereocenters. The molecular weight excluding hydrogens is 270 g/mol. The molecule has 2 heterocycles. The second kappa shape index (κ2) is 6.63. The fraction of sp³-hybridized carbons (Fsp3) is 0.938. The van der Waals surface area contributed by atoms with Crippen molar-refractivity contribution in [3.05, 3.63) is 0 Å². The molecule has 1 atom stereocenters. The van der Waals surface area contributed by atoms with Crippen LogP contribution in [0.25, 0.3) is 0 Å². The van der Waals surface area contributed by atoms with Gasteiger partial charge in [0.05, 0.1) is 19.3 Å². The van der Waals surface area contributed by atoms with Crippen LogP contribution in [0.5, 0.6) is 0 Å². The summed E-state index contributed by atoms with van der Waals surface area (Å²) in [5, 5.41) is 0. The number of hydrogen-bond acceptors (Lipinski definition) is 4. The van der Waals surface area contributed by atoms with Gasteiger partial charge in [0, 0.05) is 39.0 Å². The van der Waals surface area contributed by atoms with E-state index in [1.54, 1.807) is 0 Å². The third-order valence-electron chi connectivity index (χ3n) is 5.18. The highest BCUT2D eigenvalue weighted by Gasteiger charge is 2.41. The minimum absolute atomic E-state index is 0.250. The van der Waals surface area contributed by atoms with Gasteiger partial charge in [0.25, 0.3) is 0 Å². The fourth-order valence-electron chi connectivity index (χ4n) is 3.75. The summed E-state index contributed by atoms with van der Waals surface area (Å²) in [7, 11) is 1.94. The first-order valence-electron chi connectivity index (χ1n) is 8.34. The molecule has 3 fully saturated rings. The summed E-state index contributed by atoms with van der Waals surface area (Å²) in [5.74, 6) is -0.0855. The summed E-state index contributed by atoms with van der Waals surface area (Å²) < 4.78 is 17.1. The lowest BCUT2D eigenvalue weighted by Gasteiger charge is -2.39. The molecule has 0 radical (unpaired) electrons. The van der Waals surface area contributed by atoms with E-state index in [-0.39, 0.29) is 11.7 Å². The molecule has 1 amide bonds. The van der Waals surface area contributed by atoms with Crippen LogP contribution in [0.15, 0.2) is 0 Å². The van der Waals surface area contributed by atoms with Gasteiger partial charge in [-0.05, 0) is 32.1 Å². The largest absolute Gasteiger partial charge is 0.378 e. The maximum absolute atomic E-state index is 12.3. The monoisotopic (exact) mass is 297 g/mol. The van der Waals surface area contributed by atoms with Crippen molar-refractivity contribution in [1.82, 2.24) is 4.90 Å². The van der Waals surface area contributed by atoms with Crippen LogP contribution in [0.1, 0.15) is 51.4 Å². The Morgan fingerprint density at radius 3 is 2.48 bits per heavy atom. The van der Waals surface area contributed by atoms with Gasteiger partial charge < -0.3 is 19.1 Å². The Morgan fingerprint density at radius 1 is 1.14 bits per heavy atom. The Balaban J connectivity index is 1.42. The smallest absolute Gasteiger partial charge is 0.222 e. The van der Waals surface area contributed by atoms with E-state index in [1.807, 2.05) is 11.9 Å². The van der Waals surface area contributed by atoms with Crippen LogP contribution in [0.3, 0.4) is 0 Å². The maximum Gasteiger partial charge on any atom is 0.222 e. The number of ether oxygens (including phenoxy) is 3. The number of carbonyl (C=O) groups is 1. The van der Waals surface area contributed by atoms with Crippen molar-refractivity contribution in [3.63, 3.8) is 0 Å². The first kappa shape index (κ1) is 15.3. The molecular formula is C16H27NO4. The minimum atomic E-state index is -0.335. The highest BCUT2D eigenvalue weighted by atomic mass is 16.7. The Kier molecular flexibility index (Phi) is 4.82. The van der Waals surface area contributed by atoms with E-state index < -0.39 is 0 Å². The van der Waals surface area contributed by atoms with Gasteiger partial charge in [0.15, 0.2) is 5.79 Å². The minimum Gasteiger partial charge on any atom is -0.378 e. The van der Waals surface area contributed by atoms with E-state index in [2.05, 4.69) is 0 Å². The molecule has 3 rings (SSSR count). The molecule has 0 aromatic carbocycles. The topological polar surface area (TPSA) is 48.0 Å². The second-order valence-corrected chi connectivity index (χ2v) is 6.52. The molecule has 2 aliphatic heterocycles. The lowest BCUT2D eigenvalue weighted by molar-refractivity contribution is -0.184. The van der Waals surface area contributed by atoms with Gasteiger partial charge >= 0.3 is 0 Å². The summed E-state index contributed by atoms with van der Waals surface area (Å²) in [5.41, 5.74) is 0. The second-order valence-electron chi connectivity index (χ2n) is 6.52. The average molecular weight is 297 g/mol. The van der Waals surface area contributed by atoms with Crippen LogP contribution >= 0.6 is 0 Å². The summed E-state index contributed by atoms with van der Waals surface area (Å²) in [4.78, 5) is 14.3. The van der Waals surface area contributed by atoms with Gasteiger partial charge in [-0.1, -0.05) is 0 Å². The molecule has 120 valence electrons. The highest BCUT2D eigenvalue weighted by Crippen LogP contribution is 2.37. The quantitative estimate of drug-likeness (QED) is 0.797. The molecule has 0 aromatic rings. The van der Waals surface area contributed by atoms with E-state index in [9.17, 15) is 4.79 Å². The van der Waals surface area contributed by atoms with Gasteiger partial charge in [-0.25, -0.2) is 0 Å². The van der Waals surface area contributed by atoms with Gasteiger partial charge in [-0.3, -0.25) is 4.79 Å². The van der Waals surface area contributed by atoms with E-state index in [1.165, 1.54) is 0 Å². The average Bonchev–Trinajstić information content (AvgIpc) is 3.17. The molecule has 1 saturated carbocycles. The van der Waals surface area contributed by atoms with Crippen molar-refractivity contribution in [3.8, 4) is 0 Å². The van der Waals surface area contributed by atoms with Gasteiger partial charge in [0.2, 0.25) is 5.91 Å². The van der Waals surface area contributed by atoms with Gasteiger partial charge in [-0.15, -0.1) is 0 Å². The third-order valence-corrected chi connectivity index (χ3v) is 5.18. The van der Waals surface area contributed by atoms with Gasteiger partial charge in [0.1, 0.15) is 0 Å². The predicted octanol–water partition coefficient (Wildman–Crippen LogP) is 2.09. The zero-order chi connectivity index (χ0) is 14.7. The number of hydrogen-bond donors (Lipinski definition) is 0. The van der Waals surface area contributed by atoms with Crippen molar-refractivity contribution in [1.29, 1.82) is 0 Å². The Hall–Kier alpha value is -0.650. The van der Waals surface area contributed by atoms with Crippen LogP contribution in [-0.4, -0.2) is 55.6 Å². The lowest BCUT2D eigenvalue weighted by atomic mass is 9.89. The van der Waals surface area contributed by atoms with E-state index in [0.717, 1.165) is 51.6 Å². The number of amides is 1. The molecule has 5 nitrogen and oxygen atoms in total. The Bertz CT molecular complexity index is 351. The van der Waals surface area contributed by atoms with Crippen molar-refractivity contribution in [2.24, 2.45) is 0 Å². The van der Waals surface area contributed by atoms with Crippen LogP contribution in [0.4, 0.5) is 0 Å². The normalized spacial score (nSPS) is 29.1. The fourth-order valence-corrected chi connectivity index (χ4v) is 3.75. The lowest BCUT2D eigenvalue weighted by Crippen LogP contribution is -2.45. The molecule has 0 bridgehead atoms. The molecule has 21 heavy (non-hydrogen) atoms. The molecule has 5 heteroatoms. The van der Waals surface area contributed by atoms with Gasteiger partial charge in [-0.2, -0.15) is 0 Å². The zero-order valence-electron chi connectivity index (χ0n) is 13.0. The zero-order valence-corrected chi connectivity index (χ0v) is 13.0. The summed E-state index contributed by atoms with van der Waals surface area (Å²) in [6, 6.07) is 0.334. The SMILES string of the molecule is CN(C(=O)CCC1CCCO1)C1CCC2(CC1)OCCO2. The number of rotatable bonds is 4. The first-order valence-corrected chi connectivity index (χ1v) is 8.34. The van der Waals surface area contributed by atoms with Crippen molar-refractivity contribution >= 4 is 5.91 Å². The van der Waals surface area contributed by atoms with E-state index in [4.69, 9.17) is 14.2 Å². The Morgan fingerprint density at radius 2 is 1.86 bits per heavy atom. The maximum atomic E-state index is 12.3. The molecule has 1 spiro atoms. The third kappa shape index (κ3) is 3.58. The van der Waals surface area contributed by atoms with Crippen LogP contribution in [-0.2, 0) is 19.0 Å². The van der Waals surface area contributed by atoms with E-state index >= 15 is 0 Å². The van der Waals surface area contributed by atoms with Crippen molar-refractivity contribution in [2.75, 3.05) is 26.9 Å². The predicted molar refractivity (Wildman–Crippen MR) is 77.9 cm³/mol. The first-order chi connectivity index (χ1) is 10.2. The van der Waals surface area contributed by atoms with E-state index in [0.29, 0.717) is 31.8 Å². The summed E-state index contributed by atoms with van der Waals surface area (Å²) in [6.07, 6.45) is 7.78. The summed E-state index contributed by atoms with van der Waals surface area (Å²) in [6.45, 7) is 2.28. The van der Waals surface area contributed by atoms with Crippen LogP contribution < -0.4 is 0 Å². The molecule has 0 N–H and O–H groups in total. The number of carbonyl (C=O) groups excluding carboxylic acids is 1. The highest BCUT2D eigenvalue weighted by molar-refractivity contribution is 5.76. The molecule has 1 aliphatic carbocycles. The van der Waals surface area contributed by atoms with Crippen LogP contribution in [0.2, 0.25) is 0 Å². The summed E-state index contributed by atoms with van der Waals surface area (Å²) >= 11 is 0. The number of nitrogens with zero attached hydrogens (tertiary/aromatic N) is 1. The molecule has 3 aliphatic rings. The molecule has 2 saturated heterocycles. The van der Waals surface area contributed by atoms with Crippen LogP contribution in [0, 0.1) is 0 Å². The standard InChI is InChI=1S/C16H27NO4/c1-17(15(18)5-4-14-3-2-10-19-14)13-6-8-16(9-7-13)20-11-12-21-16/h13-14H,2-12H2,1H3. The van der Waals surface area contributed by atoms with Crippen molar-refractivity contribution in [2.45, 2.75) is 69.3 Å². The Labute approximate surface area is 126 Å².